The zero-order valence-corrected chi connectivity index (χ0v) is 11.2. The fourth-order valence-electron chi connectivity index (χ4n) is 1.83. The largest absolute Gasteiger partial charge is 0.361 e. The van der Waals surface area contributed by atoms with Gasteiger partial charge in [-0.15, -0.1) is 11.3 Å². The van der Waals surface area contributed by atoms with Crippen molar-refractivity contribution in [2.24, 2.45) is 5.41 Å². The molecular weight excluding hydrogens is 274 g/mol. The van der Waals surface area contributed by atoms with Crippen LogP contribution in [0.4, 0.5) is 5.13 Å². The van der Waals surface area contributed by atoms with E-state index in [1.165, 1.54) is 12.8 Å². The average Bonchev–Trinajstić information content (AvgIpc) is 2.63. The van der Waals surface area contributed by atoms with Gasteiger partial charge >= 0.3 is 0 Å². The van der Waals surface area contributed by atoms with Crippen molar-refractivity contribution in [2.45, 2.75) is 19.8 Å². The van der Waals surface area contributed by atoms with Crippen molar-refractivity contribution in [3.63, 3.8) is 0 Å². The quantitative estimate of drug-likeness (QED) is 0.898. The number of halogens is 1. The maximum Gasteiger partial charge on any atom is 0.183 e. The summed E-state index contributed by atoms with van der Waals surface area (Å²) < 4.78 is 0.922. The summed E-state index contributed by atoms with van der Waals surface area (Å²) in [6.07, 6.45) is 2.49. The molecule has 3 nitrogen and oxygen atoms in total. The lowest BCUT2D eigenvalue weighted by molar-refractivity contribution is 0.247. The van der Waals surface area contributed by atoms with Crippen LogP contribution in [0.2, 0.25) is 0 Å². The van der Waals surface area contributed by atoms with Gasteiger partial charge in [-0.25, -0.2) is 4.98 Å². The van der Waals surface area contributed by atoms with Crippen LogP contribution in [0.3, 0.4) is 0 Å². The molecular formula is C10H16BrN3S. The molecule has 0 radical (unpaired) electrons. The molecule has 0 amide bonds. The highest BCUT2D eigenvalue weighted by Crippen LogP contribution is 2.29. The normalized spacial score (nSPS) is 20.1. The maximum absolute atomic E-state index is 4.33. The minimum Gasteiger partial charge on any atom is -0.361 e. The number of aromatic nitrogens is 1. The van der Waals surface area contributed by atoms with Crippen LogP contribution in [-0.4, -0.2) is 24.6 Å². The Hall–Kier alpha value is -0.130. The van der Waals surface area contributed by atoms with Gasteiger partial charge in [0.15, 0.2) is 5.13 Å². The molecule has 1 aromatic rings. The summed E-state index contributed by atoms with van der Waals surface area (Å²) in [6, 6.07) is 0. The molecule has 2 rings (SSSR count). The van der Waals surface area contributed by atoms with E-state index in [-0.39, 0.29) is 0 Å². The molecule has 2 heterocycles. The predicted octanol–water partition coefficient (Wildman–Crippen LogP) is 2.71. The summed E-state index contributed by atoms with van der Waals surface area (Å²) in [7, 11) is 0. The molecule has 1 fully saturated rings. The molecule has 2 N–H and O–H groups in total. The van der Waals surface area contributed by atoms with E-state index in [1.807, 2.05) is 5.38 Å². The number of rotatable bonds is 3. The highest BCUT2D eigenvalue weighted by atomic mass is 79.9. The van der Waals surface area contributed by atoms with E-state index in [0.717, 1.165) is 29.4 Å². The van der Waals surface area contributed by atoms with E-state index in [0.29, 0.717) is 5.41 Å². The lowest BCUT2D eigenvalue weighted by atomic mass is 9.81. The van der Waals surface area contributed by atoms with E-state index in [1.54, 1.807) is 11.3 Å². The Kier molecular flexibility index (Phi) is 3.64. The topological polar surface area (TPSA) is 37.0 Å². The maximum atomic E-state index is 4.33. The fraction of sp³-hybridized carbons (Fsp3) is 0.700. The third kappa shape index (κ3) is 3.16. The second kappa shape index (κ2) is 4.80. The highest BCUT2D eigenvalue weighted by molar-refractivity contribution is 9.10. The van der Waals surface area contributed by atoms with Gasteiger partial charge in [0.1, 0.15) is 4.60 Å². The SMILES string of the molecule is CC1(CNc2nc(Br)cs2)CCNCC1. The number of thiazole rings is 1. The van der Waals surface area contributed by atoms with Crippen LogP contribution in [0.25, 0.3) is 0 Å². The lowest BCUT2D eigenvalue weighted by Gasteiger charge is -2.34. The van der Waals surface area contributed by atoms with Crippen molar-refractivity contribution in [3.05, 3.63) is 9.98 Å². The van der Waals surface area contributed by atoms with E-state index in [2.05, 4.69) is 38.5 Å². The number of nitrogens with one attached hydrogen (secondary N) is 2. The Morgan fingerprint density at radius 1 is 1.60 bits per heavy atom. The zero-order valence-electron chi connectivity index (χ0n) is 8.85. The fourth-order valence-corrected chi connectivity index (χ4v) is 2.97. The molecule has 1 saturated heterocycles. The van der Waals surface area contributed by atoms with Crippen LogP contribution in [0.1, 0.15) is 19.8 Å². The third-order valence-electron chi connectivity index (χ3n) is 2.95. The standard InChI is InChI=1S/C10H16BrN3S/c1-10(2-4-12-5-3-10)7-13-9-14-8(11)6-15-9/h6,12H,2-5,7H2,1H3,(H,13,14). The third-order valence-corrected chi connectivity index (χ3v) is 4.46. The number of piperidine rings is 1. The molecule has 15 heavy (non-hydrogen) atoms. The monoisotopic (exact) mass is 289 g/mol. The first-order valence-electron chi connectivity index (χ1n) is 5.24. The predicted molar refractivity (Wildman–Crippen MR) is 68.5 cm³/mol. The number of anilines is 1. The van der Waals surface area contributed by atoms with Crippen LogP contribution >= 0.6 is 27.3 Å². The molecule has 0 unspecified atom stereocenters. The second-order valence-electron chi connectivity index (χ2n) is 4.39. The van der Waals surface area contributed by atoms with Gasteiger partial charge in [-0.1, -0.05) is 6.92 Å². The molecule has 0 aromatic carbocycles. The Balaban J connectivity index is 1.86. The summed E-state index contributed by atoms with van der Waals surface area (Å²) in [6.45, 7) is 5.65. The van der Waals surface area contributed by atoms with Crippen molar-refractivity contribution in [2.75, 3.05) is 25.0 Å². The highest BCUT2D eigenvalue weighted by Gasteiger charge is 2.26. The smallest absolute Gasteiger partial charge is 0.183 e. The number of nitrogens with zero attached hydrogens (tertiary/aromatic N) is 1. The van der Waals surface area contributed by atoms with Gasteiger partial charge in [0.2, 0.25) is 0 Å². The molecule has 1 aliphatic heterocycles. The summed E-state index contributed by atoms with van der Waals surface area (Å²) in [5.41, 5.74) is 0.420. The average molecular weight is 290 g/mol. The molecule has 0 atom stereocenters. The van der Waals surface area contributed by atoms with Gasteiger partial charge in [-0.05, 0) is 47.3 Å². The Labute approximate surface area is 103 Å². The van der Waals surface area contributed by atoms with Gasteiger partial charge < -0.3 is 10.6 Å². The lowest BCUT2D eigenvalue weighted by Crippen LogP contribution is -2.39. The van der Waals surface area contributed by atoms with Crippen molar-refractivity contribution < 1.29 is 0 Å². The van der Waals surface area contributed by atoms with E-state index in [4.69, 9.17) is 0 Å². The van der Waals surface area contributed by atoms with Crippen molar-refractivity contribution in [1.82, 2.24) is 10.3 Å². The van der Waals surface area contributed by atoms with Gasteiger partial charge in [-0.3, -0.25) is 0 Å². The summed E-state index contributed by atoms with van der Waals surface area (Å²) in [4.78, 5) is 4.33. The molecule has 84 valence electrons. The van der Waals surface area contributed by atoms with Crippen LogP contribution in [0.15, 0.2) is 9.98 Å². The molecule has 0 saturated carbocycles. The molecule has 5 heteroatoms. The van der Waals surface area contributed by atoms with Crippen molar-refractivity contribution in [1.29, 1.82) is 0 Å². The molecule has 1 aromatic heterocycles. The van der Waals surface area contributed by atoms with Crippen LogP contribution in [0.5, 0.6) is 0 Å². The van der Waals surface area contributed by atoms with Gasteiger partial charge in [0, 0.05) is 11.9 Å². The van der Waals surface area contributed by atoms with Gasteiger partial charge in [-0.2, -0.15) is 0 Å². The minimum atomic E-state index is 0.420. The second-order valence-corrected chi connectivity index (χ2v) is 6.06. The van der Waals surface area contributed by atoms with E-state index >= 15 is 0 Å². The first-order valence-corrected chi connectivity index (χ1v) is 6.91. The first kappa shape index (κ1) is 11.4. The molecule has 0 spiro atoms. The Morgan fingerprint density at radius 3 is 2.93 bits per heavy atom. The van der Waals surface area contributed by atoms with E-state index in [9.17, 15) is 0 Å². The van der Waals surface area contributed by atoms with Crippen LogP contribution in [0, 0.1) is 5.41 Å². The van der Waals surface area contributed by atoms with Crippen LogP contribution in [-0.2, 0) is 0 Å². The van der Waals surface area contributed by atoms with Gasteiger partial charge in [0.05, 0.1) is 0 Å². The number of hydrogen-bond acceptors (Lipinski definition) is 4. The summed E-state index contributed by atoms with van der Waals surface area (Å²) in [5.74, 6) is 0. The number of hydrogen-bond donors (Lipinski definition) is 2. The van der Waals surface area contributed by atoms with Crippen LogP contribution < -0.4 is 10.6 Å². The molecule has 0 bridgehead atoms. The summed E-state index contributed by atoms with van der Waals surface area (Å²) in [5, 5.41) is 9.84. The minimum absolute atomic E-state index is 0.420. The van der Waals surface area contributed by atoms with Crippen molar-refractivity contribution >= 4 is 32.4 Å². The molecule has 0 aliphatic carbocycles. The Bertz CT molecular complexity index is 320. The first-order chi connectivity index (χ1) is 7.18. The van der Waals surface area contributed by atoms with E-state index < -0.39 is 0 Å². The summed E-state index contributed by atoms with van der Waals surface area (Å²) >= 11 is 5.01. The van der Waals surface area contributed by atoms with Gasteiger partial charge in [0.25, 0.3) is 0 Å². The Morgan fingerprint density at radius 2 is 2.33 bits per heavy atom. The zero-order chi connectivity index (χ0) is 10.7. The van der Waals surface area contributed by atoms with Crippen molar-refractivity contribution in [3.8, 4) is 0 Å². The molecule has 1 aliphatic rings.